The second-order valence-corrected chi connectivity index (χ2v) is 10.5. The summed E-state index contributed by atoms with van der Waals surface area (Å²) in [6.07, 6.45) is 6.23. The molecule has 0 aliphatic heterocycles. The van der Waals surface area contributed by atoms with Crippen LogP contribution in [0.25, 0.3) is 11.1 Å². The molecule has 0 unspecified atom stereocenters. The lowest BCUT2D eigenvalue weighted by atomic mass is 10.0. The zero-order valence-electron chi connectivity index (χ0n) is 20.6. The minimum Gasteiger partial charge on any atom is -0.478 e. The first kappa shape index (κ1) is 27.1. The summed E-state index contributed by atoms with van der Waals surface area (Å²) in [5.74, 6) is -1.52. The number of aromatic carboxylic acids is 1. The van der Waals surface area contributed by atoms with E-state index >= 15 is 0 Å². The van der Waals surface area contributed by atoms with Crippen LogP contribution in [0.3, 0.4) is 0 Å². The summed E-state index contributed by atoms with van der Waals surface area (Å²) in [6.45, 7) is 0.561. The Bertz CT molecular complexity index is 1330. The molecule has 4 rings (SSSR count). The second-order valence-electron chi connectivity index (χ2n) is 9.07. The molecule has 1 aliphatic carbocycles. The number of hydrogen-bond donors (Lipinski definition) is 3. The number of nitrogens with zero attached hydrogens (tertiary/aromatic N) is 1. The molecular formula is C28H28FN3O5S. The van der Waals surface area contributed by atoms with E-state index in [-0.39, 0.29) is 22.5 Å². The van der Waals surface area contributed by atoms with Crippen LogP contribution in [-0.4, -0.2) is 39.5 Å². The first-order chi connectivity index (χ1) is 18.3. The highest BCUT2D eigenvalue weighted by atomic mass is 32.2. The van der Waals surface area contributed by atoms with E-state index in [1.807, 2.05) is 11.8 Å². The molecule has 198 valence electrons. The van der Waals surface area contributed by atoms with Gasteiger partial charge in [-0.25, -0.2) is 9.18 Å². The Morgan fingerprint density at radius 2 is 1.68 bits per heavy atom. The molecule has 3 N–H and O–H groups in total. The van der Waals surface area contributed by atoms with Crippen molar-refractivity contribution in [2.75, 3.05) is 22.9 Å². The lowest BCUT2D eigenvalue weighted by molar-refractivity contribution is -0.384. The summed E-state index contributed by atoms with van der Waals surface area (Å²) in [6, 6.07) is 14.2. The summed E-state index contributed by atoms with van der Waals surface area (Å²) in [4.78, 5) is 35.9. The molecule has 3 aromatic rings. The fourth-order valence-electron chi connectivity index (χ4n) is 4.47. The molecule has 0 bridgehead atoms. The zero-order valence-corrected chi connectivity index (χ0v) is 21.4. The van der Waals surface area contributed by atoms with Crippen molar-refractivity contribution in [3.63, 3.8) is 0 Å². The average Bonchev–Trinajstić information content (AvgIpc) is 2.92. The Kier molecular flexibility index (Phi) is 8.96. The molecule has 0 heterocycles. The van der Waals surface area contributed by atoms with Crippen molar-refractivity contribution in [3.05, 3.63) is 87.7 Å². The maximum atomic E-state index is 13.3. The van der Waals surface area contributed by atoms with Crippen LogP contribution >= 0.6 is 11.8 Å². The van der Waals surface area contributed by atoms with Gasteiger partial charge in [0.2, 0.25) is 0 Å². The normalized spacial score (nSPS) is 13.6. The number of carboxylic acid groups (broad SMARTS) is 1. The lowest BCUT2D eigenvalue weighted by Gasteiger charge is -2.21. The van der Waals surface area contributed by atoms with Gasteiger partial charge in [0.05, 0.1) is 16.2 Å². The smallest absolute Gasteiger partial charge is 0.337 e. The van der Waals surface area contributed by atoms with Crippen molar-refractivity contribution in [1.29, 1.82) is 0 Å². The molecule has 0 spiro atoms. The molecule has 3 aromatic carbocycles. The minimum absolute atomic E-state index is 0.0161. The molecule has 1 aliphatic rings. The van der Waals surface area contributed by atoms with Gasteiger partial charge in [-0.05, 0) is 60.4 Å². The third kappa shape index (κ3) is 6.89. The van der Waals surface area contributed by atoms with Crippen LogP contribution in [0, 0.1) is 15.9 Å². The van der Waals surface area contributed by atoms with Crippen molar-refractivity contribution in [3.8, 4) is 11.1 Å². The topological polar surface area (TPSA) is 122 Å². The van der Waals surface area contributed by atoms with Gasteiger partial charge in [-0.2, -0.15) is 11.8 Å². The number of carbonyl (C=O) groups is 2. The van der Waals surface area contributed by atoms with Crippen molar-refractivity contribution in [1.82, 2.24) is 0 Å². The van der Waals surface area contributed by atoms with Crippen LogP contribution in [0.2, 0.25) is 0 Å². The van der Waals surface area contributed by atoms with Gasteiger partial charge in [0, 0.05) is 29.2 Å². The highest BCUT2D eigenvalue weighted by Crippen LogP contribution is 2.30. The Morgan fingerprint density at radius 1 is 0.974 bits per heavy atom. The predicted octanol–water partition coefficient (Wildman–Crippen LogP) is 6.83. The molecule has 0 radical (unpaired) electrons. The Morgan fingerprint density at radius 3 is 2.37 bits per heavy atom. The molecule has 1 fully saturated rings. The molecule has 0 atom stereocenters. The van der Waals surface area contributed by atoms with E-state index < -0.39 is 22.6 Å². The number of halogens is 1. The highest BCUT2D eigenvalue weighted by Gasteiger charge is 2.20. The minimum atomic E-state index is -1.25. The van der Waals surface area contributed by atoms with Crippen molar-refractivity contribution < 1.29 is 24.0 Å². The predicted molar refractivity (Wildman–Crippen MR) is 148 cm³/mol. The monoisotopic (exact) mass is 537 g/mol. The van der Waals surface area contributed by atoms with E-state index in [1.54, 1.807) is 18.2 Å². The molecular weight excluding hydrogens is 509 g/mol. The third-order valence-corrected chi connectivity index (χ3v) is 7.84. The first-order valence-electron chi connectivity index (χ1n) is 12.4. The number of nitro benzene ring substituents is 1. The van der Waals surface area contributed by atoms with Crippen LogP contribution in [0.5, 0.6) is 0 Å². The van der Waals surface area contributed by atoms with Gasteiger partial charge in [0.1, 0.15) is 11.5 Å². The maximum absolute atomic E-state index is 13.3. The molecule has 1 saturated carbocycles. The molecule has 8 nitrogen and oxygen atoms in total. The van der Waals surface area contributed by atoms with Crippen LogP contribution in [0.15, 0.2) is 60.7 Å². The van der Waals surface area contributed by atoms with E-state index in [0.717, 1.165) is 5.75 Å². The number of nitro groups is 1. The zero-order chi connectivity index (χ0) is 27.1. The van der Waals surface area contributed by atoms with Gasteiger partial charge in [-0.15, -0.1) is 0 Å². The summed E-state index contributed by atoms with van der Waals surface area (Å²) in [5.41, 5.74) is 1.18. The summed E-state index contributed by atoms with van der Waals surface area (Å²) in [5, 5.41) is 27.6. The molecule has 10 heteroatoms. The molecule has 0 saturated heterocycles. The van der Waals surface area contributed by atoms with Gasteiger partial charge in [-0.1, -0.05) is 37.5 Å². The van der Waals surface area contributed by atoms with Gasteiger partial charge in [0.15, 0.2) is 0 Å². The lowest BCUT2D eigenvalue weighted by Crippen LogP contribution is -2.16. The largest absolute Gasteiger partial charge is 0.478 e. The first-order valence-corrected chi connectivity index (χ1v) is 13.5. The second kappa shape index (κ2) is 12.6. The Labute approximate surface area is 223 Å². The summed E-state index contributed by atoms with van der Waals surface area (Å²) in [7, 11) is 0. The third-order valence-electron chi connectivity index (χ3n) is 6.46. The number of hydrogen-bond acceptors (Lipinski definition) is 6. The van der Waals surface area contributed by atoms with E-state index in [9.17, 15) is 29.2 Å². The number of thioether (sulfide) groups is 1. The summed E-state index contributed by atoms with van der Waals surface area (Å²) >= 11 is 1.88. The van der Waals surface area contributed by atoms with E-state index in [0.29, 0.717) is 28.6 Å². The van der Waals surface area contributed by atoms with Crippen LogP contribution in [-0.2, 0) is 0 Å². The number of nitrogens with one attached hydrogen (secondary N) is 2. The van der Waals surface area contributed by atoms with Crippen molar-refractivity contribution >= 4 is 40.7 Å². The number of anilines is 2. The maximum Gasteiger partial charge on any atom is 0.337 e. The van der Waals surface area contributed by atoms with E-state index in [2.05, 4.69) is 10.6 Å². The highest BCUT2D eigenvalue weighted by molar-refractivity contribution is 7.99. The summed E-state index contributed by atoms with van der Waals surface area (Å²) < 4.78 is 13.3. The number of amides is 1. The van der Waals surface area contributed by atoms with Gasteiger partial charge < -0.3 is 15.7 Å². The van der Waals surface area contributed by atoms with Crippen molar-refractivity contribution in [2.24, 2.45) is 0 Å². The molecule has 38 heavy (non-hydrogen) atoms. The number of carboxylic acids is 1. The van der Waals surface area contributed by atoms with Gasteiger partial charge in [0.25, 0.3) is 11.6 Å². The number of benzene rings is 3. The fourth-order valence-corrected chi connectivity index (χ4v) is 5.69. The van der Waals surface area contributed by atoms with E-state index in [4.69, 9.17) is 0 Å². The molecule has 1 amide bonds. The quantitative estimate of drug-likeness (QED) is 0.147. The van der Waals surface area contributed by atoms with Gasteiger partial charge in [-0.3, -0.25) is 14.9 Å². The Balaban J connectivity index is 1.48. The Hall–Kier alpha value is -3.92. The molecule has 0 aromatic heterocycles. The van der Waals surface area contributed by atoms with Crippen molar-refractivity contribution in [2.45, 2.75) is 37.4 Å². The van der Waals surface area contributed by atoms with Crippen LogP contribution < -0.4 is 10.6 Å². The van der Waals surface area contributed by atoms with E-state index in [1.165, 1.54) is 74.6 Å². The van der Waals surface area contributed by atoms with Crippen LogP contribution in [0.4, 0.5) is 21.5 Å². The fraction of sp³-hybridized carbons (Fsp3) is 0.286. The number of rotatable bonds is 10. The average molecular weight is 538 g/mol. The van der Waals surface area contributed by atoms with Crippen LogP contribution in [0.1, 0.15) is 52.8 Å². The SMILES string of the molecule is O=C(Nc1cc(-c2ccc(F)cc2)ccc1C(=O)O)c1ccc(NCCSC2CCCCC2)c([N+](=O)[O-])c1. The standard InChI is InChI=1S/C28H28FN3O5S/c29-21-10-6-18(7-11-21)19-8-12-23(28(34)35)25(16-19)31-27(33)20-9-13-24(26(17-20)32(36)37)30-14-15-38-22-4-2-1-3-5-22/h6-13,16-17,22,30H,1-5,14-15H2,(H,31,33)(H,34,35). The number of carbonyl (C=O) groups excluding carboxylic acids is 1. The van der Waals surface area contributed by atoms with Gasteiger partial charge >= 0.3 is 5.97 Å².